The molecule has 2 unspecified atom stereocenters. The Morgan fingerprint density at radius 2 is 1.06 bits per heavy atom. The van der Waals surface area contributed by atoms with E-state index >= 15 is 0 Å². The van der Waals surface area contributed by atoms with Crippen LogP contribution in [0.2, 0.25) is 0 Å². The number of epoxide rings is 2. The Hall–Kier alpha value is -0.120. The van der Waals surface area contributed by atoms with Crippen molar-refractivity contribution in [1.29, 1.82) is 0 Å². The van der Waals surface area contributed by atoms with Gasteiger partial charge < -0.3 is 18.9 Å². The Balaban J connectivity index is 1.52. The van der Waals surface area contributed by atoms with Gasteiger partial charge in [-0.25, -0.2) is 0 Å². The topological polar surface area (TPSA) is 43.5 Å². The lowest BCUT2D eigenvalue weighted by Crippen LogP contribution is -2.19. The minimum absolute atomic E-state index is 0.239. The van der Waals surface area contributed by atoms with E-state index in [0.29, 0.717) is 25.4 Å². The van der Waals surface area contributed by atoms with Crippen molar-refractivity contribution in [3.8, 4) is 11.5 Å². The molecule has 0 saturated carbocycles. The number of ether oxygens (including phenoxy) is 4. The minimum Gasteiger partial charge on any atom is -0.491 e. The van der Waals surface area contributed by atoms with E-state index in [1.54, 1.807) is 0 Å². The van der Waals surface area contributed by atoms with E-state index in [1.807, 2.05) is 0 Å². The molecule has 0 amide bonds. The monoisotopic (exact) mass is 680 g/mol. The lowest BCUT2D eigenvalue weighted by atomic mass is 9.78. The molecule has 2 atom stereocenters. The molecule has 0 spiro atoms. The highest BCUT2D eigenvalue weighted by atomic mass is 79.9. The van der Waals surface area contributed by atoms with Crippen molar-refractivity contribution in [2.75, 3.05) is 26.4 Å². The fourth-order valence-electron chi connectivity index (χ4n) is 3.34. The van der Waals surface area contributed by atoms with Gasteiger partial charge in [-0.15, -0.1) is 0 Å². The van der Waals surface area contributed by atoms with E-state index in [-0.39, 0.29) is 5.41 Å². The summed E-state index contributed by atoms with van der Waals surface area (Å²) in [4.78, 5) is 0. The molecule has 168 valence electrons. The smallest absolute Gasteiger partial charge is 0.147 e. The van der Waals surface area contributed by atoms with Crippen molar-refractivity contribution in [1.82, 2.24) is 0 Å². The van der Waals surface area contributed by atoms with Crippen LogP contribution in [-0.4, -0.2) is 38.6 Å². The van der Waals surface area contributed by atoms with E-state index in [9.17, 15) is 0 Å². The van der Waals surface area contributed by atoms with Gasteiger partial charge in [-0.05, 0) is 99.1 Å². The first-order valence-electron chi connectivity index (χ1n) is 10.2. The number of benzene rings is 2. The molecular formula is C23H24Br4O4. The maximum absolute atomic E-state index is 5.99. The summed E-state index contributed by atoms with van der Waals surface area (Å²) in [5.74, 6) is 1.65. The summed E-state index contributed by atoms with van der Waals surface area (Å²) in [5.41, 5.74) is 2.10. The van der Waals surface area contributed by atoms with Gasteiger partial charge in [0.1, 0.15) is 11.5 Å². The number of rotatable bonds is 10. The fourth-order valence-corrected chi connectivity index (χ4v) is 6.17. The highest BCUT2D eigenvalue weighted by molar-refractivity contribution is 9.11. The largest absolute Gasteiger partial charge is 0.491 e. The predicted octanol–water partition coefficient (Wildman–Crippen LogP) is 7.40. The van der Waals surface area contributed by atoms with Gasteiger partial charge in [0.05, 0.1) is 56.5 Å². The maximum atomic E-state index is 5.99. The van der Waals surface area contributed by atoms with Crippen LogP contribution in [0.1, 0.15) is 37.8 Å². The van der Waals surface area contributed by atoms with Crippen LogP contribution >= 0.6 is 63.7 Å². The molecule has 2 aromatic carbocycles. The Kier molecular flexibility index (Phi) is 7.76. The van der Waals surface area contributed by atoms with E-state index in [1.165, 1.54) is 11.1 Å². The van der Waals surface area contributed by atoms with Crippen LogP contribution in [0.5, 0.6) is 11.5 Å². The Labute approximate surface area is 216 Å². The molecular weight excluding hydrogens is 660 g/mol. The van der Waals surface area contributed by atoms with E-state index in [4.69, 9.17) is 18.9 Å². The second kappa shape index (κ2) is 10.0. The molecule has 0 radical (unpaired) electrons. The van der Waals surface area contributed by atoms with Crippen LogP contribution in [0.15, 0.2) is 42.2 Å². The third-order valence-electron chi connectivity index (χ3n) is 5.62. The van der Waals surface area contributed by atoms with Crippen LogP contribution < -0.4 is 9.47 Å². The number of hydrogen-bond acceptors (Lipinski definition) is 4. The van der Waals surface area contributed by atoms with Crippen molar-refractivity contribution >= 4 is 63.7 Å². The first-order chi connectivity index (χ1) is 14.8. The summed E-state index contributed by atoms with van der Waals surface area (Å²) in [6, 6.07) is 8.54. The lowest BCUT2D eigenvalue weighted by molar-refractivity contribution is 0.280. The third-order valence-corrected chi connectivity index (χ3v) is 7.97. The maximum Gasteiger partial charge on any atom is 0.147 e. The van der Waals surface area contributed by atoms with Crippen LogP contribution in [0.4, 0.5) is 0 Å². The van der Waals surface area contributed by atoms with Crippen molar-refractivity contribution in [3.63, 3.8) is 0 Å². The Bertz CT molecular complexity index is 833. The zero-order chi connectivity index (χ0) is 22.2. The van der Waals surface area contributed by atoms with E-state index < -0.39 is 0 Å². The number of halogens is 4. The van der Waals surface area contributed by atoms with Gasteiger partial charge in [0, 0.05) is 18.3 Å². The molecule has 2 heterocycles. The van der Waals surface area contributed by atoms with Crippen LogP contribution in [0, 0.1) is 0 Å². The average molecular weight is 684 g/mol. The summed E-state index contributed by atoms with van der Waals surface area (Å²) in [6.07, 6.45) is 2.55. The molecule has 2 saturated heterocycles. The Morgan fingerprint density at radius 3 is 1.35 bits per heavy atom. The molecule has 0 aliphatic carbocycles. The first-order valence-corrected chi connectivity index (χ1v) is 13.4. The van der Waals surface area contributed by atoms with Crippen LogP contribution in [-0.2, 0) is 14.9 Å². The summed E-state index contributed by atoms with van der Waals surface area (Å²) >= 11 is 14.8. The first kappa shape index (κ1) is 24.0. The zero-order valence-corrected chi connectivity index (χ0v) is 23.7. The standard InChI is InChI=1S/C23H24Br4O4/c1-23(2,13-7-17(24)21(18(25)8-13)28-5-3-15-11-30-15)14-9-19(26)22(20(27)10-14)29-6-4-16-12-31-16/h7-10,15-16H,3-6,11-12H2,1-2H3. The minimum atomic E-state index is -0.239. The molecule has 31 heavy (non-hydrogen) atoms. The van der Waals surface area contributed by atoms with Crippen molar-refractivity contribution in [2.45, 2.75) is 44.3 Å². The highest BCUT2D eigenvalue weighted by Crippen LogP contribution is 2.44. The van der Waals surface area contributed by atoms with Crippen molar-refractivity contribution in [3.05, 3.63) is 53.3 Å². The summed E-state index contributed by atoms with van der Waals surface area (Å²) in [7, 11) is 0. The third kappa shape index (κ3) is 6.07. The normalized spacial score (nSPS) is 19.9. The van der Waals surface area contributed by atoms with Gasteiger partial charge in [0.2, 0.25) is 0 Å². The average Bonchev–Trinajstić information content (AvgIpc) is 3.61. The molecule has 2 aliphatic heterocycles. The summed E-state index contributed by atoms with van der Waals surface area (Å²) in [6.45, 7) is 7.40. The predicted molar refractivity (Wildman–Crippen MR) is 136 cm³/mol. The molecule has 0 N–H and O–H groups in total. The van der Waals surface area contributed by atoms with E-state index in [2.05, 4.69) is 102 Å². The van der Waals surface area contributed by atoms with Gasteiger partial charge >= 0.3 is 0 Å². The molecule has 0 aromatic heterocycles. The number of hydrogen-bond donors (Lipinski definition) is 0. The molecule has 0 bridgehead atoms. The fraction of sp³-hybridized carbons (Fsp3) is 0.478. The molecule has 2 aromatic rings. The van der Waals surface area contributed by atoms with Crippen LogP contribution in [0.3, 0.4) is 0 Å². The van der Waals surface area contributed by atoms with Crippen LogP contribution in [0.25, 0.3) is 0 Å². The second-order valence-corrected chi connectivity index (χ2v) is 11.8. The van der Waals surface area contributed by atoms with Gasteiger partial charge in [0.25, 0.3) is 0 Å². The lowest BCUT2D eigenvalue weighted by Gasteiger charge is -2.28. The van der Waals surface area contributed by atoms with Gasteiger partial charge in [-0.1, -0.05) is 13.8 Å². The summed E-state index contributed by atoms with van der Waals surface area (Å²) in [5, 5.41) is 0. The van der Waals surface area contributed by atoms with Crippen molar-refractivity contribution in [2.24, 2.45) is 0 Å². The molecule has 2 aliphatic rings. The SMILES string of the molecule is CC(C)(c1cc(Br)c(OCCC2CO2)c(Br)c1)c1cc(Br)c(OCCC2CO2)c(Br)c1. The van der Waals surface area contributed by atoms with Crippen molar-refractivity contribution < 1.29 is 18.9 Å². The van der Waals surface area contributed by atoms with Gasteiger partial charge in [-0.2, -0.15) is 0 Å². The molecule has 4 rings (SSSR count). The quantitative estimate of drug-likeness (QED) is 0.245. The molecule has 2 fully saturated rings. The molecule has 8 heteroatoms. The second-order valence-electron chi connectivity index (χ2n) is 8.35. The zero-order valence-electron chi connectivity index (χ0n) is 17.4. The Morgan fingerprint density at radius 1 is 0.742 bits per heavy atom. The molecule has 4 nitrogen and oxygen atoms in total. The highest BCUT2D eigenvalue weighted by Gasteiger charge is 2.28. The van der Waals surface area contributed by atoms with E-state index in [0.717, 1.165) is 55.4 Å². The summed E-state index contributed by atoms with van der Waals surface area (Å²) < 4.78 is 26.2. The van der Waals surface area contributed by atoms with Gasteiger partial charge in [-0.3, -0.25) is 0 Å². The van der Waals surface area contributed by atoms with Gasteiger partial charge in [0.15, 0.2) is 0 Å².